The van der Waals surface area contributed by atoms with Crippen molar-refractivity contribution in [3.8, 4) is 11.4 Å². The lowest BCUT2D eigenvalue weighted by Gasteiger charge is -2.01. The lowest BCUT2D eigenvalue weighted by Crippen LogP contribution is -2.22. The molecule has 0 radical (unpaired) electrons. The molecule has 0 amide bonds. The molecule has 7 nitrogen and oxygen atoms in total. The molecule has 0 unspecified atom stereocenters. The molecule has 0 aromatic carbocycles. The van der Waals surface area contributed by atoms with Crippen LogP contribution in [-0.4, -0.2) is 25.9 Å². The van der Waals surface area contributed by atoms with E-state index in [0.717, 1.165) is 22.8 Å². The van der Waals surface area contributed by atoms with Crippen molar-refractivity contribution in [1.29, 1.82) is 0 Å². The molecular weight excluding hydrogens is 298 g/mol. The molecule has 0 bridgehead atoms. The van der Waals surface area contributed by atoms with Crippen molar-refractivity contribution in [3.05, 3.63) is 47.5 Å². The molecule has 0 saturated carbocycles. The first-order chi connectivity index (χ1) is 10.7. The Morgan fingerprint density at radius 3 is 3.09 bits per heavy atom. The number of thiazole rings is 1. The van der Waals surface area contributed by atoms with Crippen LogP contribution in [-0.2, 0) is 6.54 Å². The number of nitrogens with two attached hydrogens (primary N) is 1. The lowest BCUT2D eigenvalue weighted by atomic mass is 10.3. The molecule has 0 fully saturated rings. The molecule has 0 aliphatic heterocycles. The summed E-state index contributed by atoms with van der Waals surface area (Å²) in [6.07, 6.45) is 5.25. The van der Waals surface area contributed by atoms with E-state index in [0.29, 0.717) is 17.6 Å². The third kappa shape index (κ3) is 3.47. The minimum atomic E-state index is 0.325. The molecule has 3 heterocycles. The van der Waals surface area contributed by atoms with Gasteiger partial charge in [-0.25, -0.2) is 15.0 Å². The van der Waals surface area contributed by atoms with Crippen molar-refractivity contribution in [2.45, 2.75) is 13.5 Å². The van der Waals surface area contributed by atoms with Crippen LogP contribution in [0.1, 0.15) is 11.4 Å². The van der Waals surface area contributed by atoms with Gasteiger partial charge in [-0.2, -0.15) is 0 Å². The first-order valence-corrected chi connectivity index (χ1v) is 7.52. The first-order valence-electron chi connectivity index (χ1n) is 6.64. The maximum Gasteiger partial charge on any atom is 0.195 e. The van der Waals surface area contributed by atoms with Gasteiger partial charge >= 0.3 is 0 Å². The number of pyridine rings is 1. The third-order valence-electron chi connectivity index (χ3n) is 2.87. The van der Waals surface area contributed by atoms with Crippen LogP contribution in [0.3, 0.4) is 0 Å². The predicted molar refractivity (Wildman–Crippen MR) is 87.6 cm³/mol. The highest BCUT2D eigenvalue weighted by Gasteiger charge is 2.07. The molecule has 22 heavy (non-hydrogen) atoms. The number of hydrogen-bond acceptors (Lipinski definition) is 5. The maximum absolute atomic E-state index is 5.87. The van der Waals surface area contributed by atoms with Gasteiger partial charge < -0.3 is 16.0 Å². The van der Waals surface area contributed by atoms with E-state index in [1.807, 2.05) is 24.4 Å². The molecular formula is C14H15N7S. The normalized spacial score (nSPS) is 11.6. The average Bonchev–Trinajstić information content (AvgIpc) is 3.15. The van der Waals surface area contributed by atoms with Gasteiger partial charge in [0.25, 0.3) is 0 Å². The molecule has 0 aliphatic rings. The monoisotopic (exact) mass is 313 g/mol. The van der Waals surface area contributed by atoms with E-state index >= 15 is 0 Å². The molecule has 4 N–H and O–H groups in total. The van der Waals surface area contributed by atoms with E-state index in [9.17, 15) is 0 Å². The van der Waals surface area contributed by atoms with Crippen LogP contribution >= 0.6 is 11.3 Å². The zero-order valence-electron chi connectivity index (χ0n) is 11.9. The van der Waals surface area contributed by atoms with Crippen molar-refractivity contribution in [3.63, 3.8) is 0 Å². The number of aryl methyl sites for hydroxylation is 1. The van der Waals surface area contributed by atoms with Crippen LogP contribution in [0.15, 0.2) is 41.1 Å². The van der Waals surface area contributed by atoms with Crippen LogP contribution in [0.5, 0.6) is 0 Å². The Bertz CT molecular complexity index is 775. The second-order valence-corrected chi connectivity index (χ2v) is 5.47. The molecule has 112 valence electrons. The molecule has 0 aliphatic carbocycles. The minimum absolute atomic E-state index is 0.325. The Hall–Kier alpha value is -2.74. The minimum Gasteiger partial charge on any atom is -0.370 e. The number of anilines is 1. The number of aromatic amines is 1. The second-order valence-electron chi connectivity index (χ2n) is 4.61. The molecule has 0 saturated heterocycles. The van der Waals surface area contributed by atoms with Crippen molar-refractivity contribution in [2.24, 2.45) is 10.7 Å². The molecule has 3 rings (SSSR count). The summed E-state index contributed by atoms with van der Waals surface area (Å²) in [7, 11) is 0. The van der Waals surface area contributed by atoms with Gasteiger partial charge in [0.2, 0.25) is 0 Å². The van der Waals surface area contributed by atoms with Gasteiger partial charge in [0.05, 0.1) is 18.4 Å². The highest BCUT2D eigenvalue weighted by Crippen LogP contribution is 2.23. The number of aromatic nitrogens is 4. The standard InChI is InChI=1S/C14H15N7S/c1-9-17-7-11(19-9)12-8-22-14(20-12)21-13(15)18-6-10-3-2-4-16-5-10/h2-5,7-8H,6H2,1H3,(H,17,19)(H3,15,18,20,21). The van der Waals surface area contributed by atoms with E-state index in [4.69, 9.17) is 5.73 Å². The van der Waals surface area contributed by atoms with E-state index in [-0.39, 0.29) is 0 Å². The van der Waals surface area contributed by atoms with E-state index in [1.165, 1.54) is 11.3 Å². The van der Waals surface area contributed by atoms with Crippen LogP contribution in [0, 0.1) is 6.92 Å². The maximum atomic E-state index is 5.87. The topological polar surface area (TPSA) is 105 Å². The quantitative estimate of drug-likeness (QED) is 0.505. The van der Waals surface area contributed by atoms with Crippen molar-refractivity contribution >= 4 is 22.4 Å². The van der Waals surface area contributed by atoms with Crippen molar-refractivity contribution in [1.82, 2.24) is 19.9 Å². The summed E-state index contributed by atoms with van der Waals surface area (Å²) in [6, 6.07) is 3.82. The largest absolute Gasteiger partial charge is 0.370 e. The summed E-state index contributed by atoms with van der Waals surface area (Å²) in [5.41, 5.74) is 8.58. The number of rotatable bonds is 4. The summed E-state index contributed by atoms with van der Waals surface area (Å²) in [4.78, 5) is 20.1. The zero-order chi connectivity index (χ0) is 15.4. The SMILES string of the molecule is Cc1ncc(-c2csc(NC(N)=NCc3cccnc3)n2)[nH]1. The fourth-order valence-corrected chi connectivity index (χ4v) is 2.54. The average molecular weight is 313 g/mol. The second kappa shape index (κ2) is 6.35. The lowest BCUT2D eigenvalue weighted by molar-refractivity contribution is 1.04. The Morgan fingerprint density at radius 1 is 1.45 bits per heavy atom. The van der Waals surface area contributed by atoms with Crippen molar-refractivity contribution < 1.29 is 0 Å². The van der Waals surface area contributed by atoms with Gasteiger partial charge in [0.1, 0.15) is 11.5 Å². The van der Waals surface area contributed by atoms with Gasteiger partial charge in [-0.3, -0.25) is 4.98 Å². The van der Waals surface area contributed by atoms with Gasteiger partial charge in [-0.05, 0) is 18.6 Å². The van der Waals surface area contributed by atoms with Gasteiger partial charge in [-0.15, -0.1) is 11.3 Å². The number of nitrogens with one attached hydrogen (secondary N) is 2. The number of aliphatic imine (C=N–C) groups is 1. The summed E-state index contributed by atoms with van der Waals surface area (Å²) in [6.45, 7) is 2.38. The first kappa shape index (κ1) is 14.2. The van der Waals surface area contributed by atoms with Gasteiger partial charge in [-0.1, -0.05) is 6.07 Å². The summed E-state index contributed by atoms with van der Waals surface area (Å²) in [5.74, 6) is 1.18. The van der Waals surface area contributed by atoms with Crippen molar-refractivity contribution in [2.75, 3.05) is 5.32 Å². The van der Waals surface area contributed by atoms with Gasteiger partial charge in [0, 0.05) is 17.8 Å². The predicted octanol–water partition coefficient (Wildman–Crippen LogP) is 2.16. The Balaban J connectivity index is 1.64. The smallest absolute Gasteiger partial charge is 0.195 e. The Morgan fingerprint density at radius 2 is 2.36 bits per heavy atom. The van der Waals surface area contributed by atoms with Crippen LogP contribution in [0.25, 0.3) is 11.4 Å². The van der Waals surface area contributed by atoms with Crippen LogP contribution in [0.4, 0.5) is 5.13 Å². The number of hydrogen-bond donors (Lipinski definition) is 3. The summed E-state index contributed by atoms with van der Waals surface area (Å²) >= 11 is 1.46. The fourth-order valence-electron chi connectivity index (χ4n) is 1.82. The Kier molecular flexibility index (Phi) is 4.10. The number of nitrogens with zero attached hydrogens (tertiary/aromatic N) is 4. The number of guanidine groups is 1. The molecule has 3 aromatic heterocycles. The van der Waals surface area contributed by atoms with Gasteiger partial charge in [0.15, 0.2) is 11.1 Å². The molecule has 0 spiro atoms. The number of H-pyrrole nitrogens is 1. The Labute approximate surface area is 131 Å². The summed E-state index contributed by atoms with van der Waals surface area (Å²) in [5, 5.41) is 5.61. The highest BCUT2D eigenvalue weighted by atomic mass is 32.1. The van der Waals surface area contributed by atoms with E-state index in [2.05, 4.69) is 30.2 Å². The van der Waals surface area contributed by atoms with E-state index in [1.54, 1.807) is 18.6 Å². The zero-order valence-corrected chi connectivity index (χ0v) is 12.8. The van der Waals surface area contributed by atoms with E-state index < -0.39 is 0 Å². The molecule has 0 atom stereocenters. The third-order valence-corrected chi connectivity index (χ3v) is 3.63. The molecule has 8 heteroatoms. The van der Waals surface area contributed by atoms with Crippen LogP contribution in [0.2, 0.25) is 0 Å². The van der Waals surface area contributed by atoms with Crippen LogP contribution < -0.4 is 11.1 Å². The molecule has 3 aromatic rings. The summed E-state index contributed by atoms with van der Waals surface area (Å²) < 4.78 is 0. The highest BCUT2D eigenvalue weighted by molar-refractivity contribution is 7.14. The number of imidazole rings is 1. The fraction of sp³-hybridized carbons (Fsp3) is 0.143.